The summed E-state index contributed by atoms with van der Waals surface area (Å²) in [5, 5.41) is 14.0. The molecule has 7 nitrogen and oxygen atoms in total. The van der Waals surface area contributed by atoms with Crippen LogP contribution in [0.4, 0.5) is 5.69 Å². The minimum absolute atomic E-state index is 0.0956. The van der Waals surface area contributed by atoms with Crippen LogP contribution in [0.25, 0.3) is 16.8 Å². The van der Waals surface area contributed by atoms with Crippen LogP contribution in [0.5, 0.6) is 0 Å². The highest BCUT2D eigenvalue weighted by molar-refractivity contribution is 6.33. The Labute approximate surface area is 213 Å². The zero-order valence-electron chi connectivity index (χ0n) is 19.3. The lowest BCUT2D eigenvalue weighted by Crippen LogP contribution is -2.49. The summed E-state index contributed by atoms with van der Waals surface area (Å²) in [5.74, 6) is -0.0956. The number of hydrogen-bond acceptors (Lipinski definition) is 5. The van der Waals surface area contributed by atoms with Gasteiger partial charge in [0.05, 0.1) is 29.2 Å². The predicted octanol–water partition coefficient (Wildman–Crippen LogP) is 4.39. The number of para-hydroxylation sites is 1. The third kappa shape index (κ3) is 4.35. The minimum atomic E-state index is -0.385. The van der Waals surface area contributed by atoms with Crippen molar-refractivity contribution in [2.45, 2.75) is 0 Å². The molecule has 1 aromatic heterocycles. The second-order valence-electron chi connectivity index (χ2n) is 8.38. The predicted molar refractivity (Wildman–Crippen MR) is 140 cm³/mol. The topological polar surface area (TPSA) is 82.2 Å². The number of nitriles is 1. The van der Waals surface area contributed by atoms with E-state index in [-0.39, 0.29) is 16.5 Å². The molecule has 0 N–H and O–H groups in total. The monoisotopic (exact) mass is 495 g/mol. The van der Waals surface area contributed by atoms with E-state index in [1.807, 2.05) is 59.5 Å². The fourth-order valence-corrected chi connectivity index (χ4v) is 4.69. The van der Waals surface area contributed by atoms with Crippen LogP contribution in [0.1, 0.15) is 15.9 Å². The molecule has 3 aromatic carbocycles. The molecule has 5 rings (SSSR count). The highest BCUT2D eigenvalue weighted by Crippen LogP contribution is 2.29. The van der Waals surface area contributed by atoms with Gasteiger partial charge in [0.1, 0.15) is 5.02 Å². The van der Waals surface area contributed by atoms with Crippen molar-refractivity contribution >= 4 is 23.2 Å². The number of carbonyl (C=O) groups excluding carboxylic acids is 1. The van der Waals surface area contributed by atoms with Gasteiger partial charge in [-0.2, -0.15) is 15.0 Å². The Morgan fingerprint density at radius 3 is 2.22 bits per heavy atom. The highest BCUT2D eigenvalue weighted by Gasteiger charge is 2.26. The zero-order chi connectivity index (χ0) is 25.1. The number of aromatic nitrogens is 2. The van der Waals surface area contributed by atoms with Gasteiger partial charge >= 0.3 is 0 Å². The normalized spacial score (nSPS) is 13.3. The molecule has 1 fully saturated rings. The second kappa shape index (κ2) is 10.1. The van der Waals surface area contributed by atoms with Gasteiger partial charge in [-0.1, -0.05) is 66.2 Å². The Balaban J connectivity index is 1.35. The number of hydrogen-bond donors (Lipinski definition) is 0. The molecule has 178 valence electrons. The van der Waals surface area contributed by atoms with Crippen molar-refractivity contribution in [1.82, 2.24) is 14.7 Å². The third-order valence-corrected chi connectivity index (χ3v) is 6.66. The smallest absolute Gasteiger partial charge is 0.292 e. The fraction of sp³-hybridized carbons (Fsp3) is 0.143. The Kier molecular flexibility index (Phi) is 6.52. The van der Waals surface area contributed by atoms with Gasteiger partial charge in [0.15, 0.2) is 0 Å². The first-order valence-corrected chi connectivity index (χ1v) is 11.9. The van der Waals surface area contributed by atoms with Crippen molar-refractivity contribution in [2.75, 3.05) is 31.1 Å². The van der Waals surface area contributed by atoms with E-state index < -0.39 is 0 Å². The molecule has 0 atom stereocenters. The maximum Gasteiger partial charge on any atom is 0.292 e. The lowest BCUT2D eigenvalue weighted by molar-refractivity contribution is 0.0747. The Bertz CT molecular complexity index is 1520. The van der Waals surface area contributed by atoms with Gasteiger partial charge in [-0.15, -0.1) is 0 Å². The molecular formula is C28H22ClN5O2. The number of nitrogens with zero attached hydrogens (tertiary/aromatic N) is 5. The Hall–Kier alpha value is -4.41. The summed E-state index contributed by atoms with van der Waals surface area (Å²) in [6, 6.07) is 26.0. The van der Waals surface area contributed by atoms with Gasteiger partial charge in [-0.3, -0.25) is 9.59 Å². The summed E-state index contributed by atoms with van der Waals surface area (Å²) >= 11 is 6.47. The first-order valence-electron chi connectivity index (χ1n) is 11.5. The van der Waals surface area contributed by atoms with Crippen molar-refractivity contribution < 1.29 is 4.79 Å². The van der Waals surface area contributed by atoms with Gasteiger partial charge in [-0.05, 0) is 29.8 Å². The lowest BCUT2D eigenvalue weighted by Gasteiger charge is -2.36. The SMILES string of the molecule is N#Cc1ccccc1-c1ccccc1C(=O)N1CCN(c2cnn(-c3ccccc3)c(=O)c2Cl)CC1. The maximum atomic E-state index is 13.5. The first kappa shape index (κ1) is 23.3. The highest BCUT2D eigenvalue weighted by atomic mass is 35.5. The molecule has 0 aliphatic carbocycles. The molecule has 8 heteroatoms. The van der Waals surface area contributed by atoms with E-state index in [0.29, 0.717) is 48.7 Å². The maximum absolute atomic E-state index is 13.5. The molecule has 1 amide bonds. The third-order valence-electron chi connectivity index (χ3n) is 6.30. The standard InChI is InChI=1S/C28H22ClN5O2/c29-26-25(19-31-34(28(26)36)21-9-2-1-3-10-21)32-14-16-33(17-15-32)27(35)24-13-7-6-12-23(24)22-11-5-4-8-20(22)18-30/h1-13,19H,14-17H2. The van der Waals surface area contributed by atoms with Gasteiger partial charge in [0, 0.05) is 37.3 Å². The summed E-state index contributed by atoms with van der Waals surface area (Å²) in [4.78, 5) is 30.1. The van der Waals surface area contributed by atoms with Gasteiger partial charge in [-0.25, -0.2) is 0 Å². The van der Waals surface area contributed by atoms with E-state index >= 15 is 0 Å². The van der Waals surface area contributed by atoms with E-state index in [0.717, 1.165) is 11.1 Å². The van der Waals surface area contributed by atoms with Crippen molar-refractivity contribution in [3.63, 3.8) is 0 Å². The summed E-state index contributed by atoms with van der Waals surface area (Å²) in [6.45, 7) is 1.95. The molecule has 0 spiro atoms. The Morgan fingerprint density at radius 1 is 0.861 bits per heavy atom. The summed E-state index contributed by atoms with van der Waals surface area (Å²) < 4.78 is 1.28. The molecule has 1 saturated heterocycles. The number of benzene rings is 3. The van der Waals surface area contributed by atoms with Crippen LogP contribution in [0, 0.1) is 11.3 Å². The molecule has 0 bridgehead atoms. The summed E-state index contributed by atoms with van der Waals surface area (Å²) in [7, 11) is 0. The van der Waals surface area contributed by atoms with Crippen LogP contribution in [0.15, 0.2) is 89.9 Å². The molecular weight excluding hydrogens is 474 g/mol. The van der Waals surface area contributed by atoms with Gasteiger partial charge in [0.2, 0.25) is 0 Å². The van der Waals surface area contributed by atoms with Crippen molar-refractivity contribution in [3.05, 3.63) is 112 Å². The second-order valence-corrected chi connectivity index (χ2v) is 8.76. The van der Waals surface area contributed by atoms with E-state index in [9.17, 15) is 14.9 Å². The number of piperazine rings is 1. The van der Waals surface area contributed by atoms with Crippen LogP contribution >= 0.6 is 11.6 Å². The van der Waals surface area contributed by atoms with Crippen molar-refractivity contribution in [3.8, 4) is 22.9 Å². The average Bonchev–Trinajstić information content (AvgIpc) is 2.94. The van der Waals surface area contributed by atoms with Crippen LogP contribution in [0.3, 0.4) is 0 Å². The molecule has 0 unspecified atom stereocenters. The van der Waals surface area contributed by atoms with E-state index in [4.69, 9.17) is 11.6 Å². The number of anilines is 1. The molecule has 1 aliphatic rings. The van der Waals surface area contributed by atoms with Crippen LogP contribution in [0.2, 0.25) is 5.02 Å². The van der Waals surface area contributed by atoms with Crippen molar-refractivity contribution in [2.24, 2.45) is 0 Å². The minimum Gasteiger partial charge on any atom is -0.365 e. The number of rotatable bonds is 4. The molecule has 0 radical (unpaired) electrons. The fourth-order valence-electron chi connectivity index (χ4n) is 4.44. The van der Waals surface area contributed by atoms with E-state index in [1.54, 1.807) is 35.4 Å². The van der Waals surface area contributed by atoms with E-state index in [1.165, 1.54) is 4.68 Å². The summed E-state index contributed by atoms with van der Waals surface area (Å²) in [5.41, 5.74) is 3.36. The molecule has 2 heterocycles. The average molecular weight is 496 g/mol. The van der Waals surface area contributed by atoms with E-state index in [2.05, 4.69) is 11.2 Å². The first-order chi connectivity index (χ1) is 17.6. The lowest BCUT2D eigenvalue weighted by atomic mass is 9.95. The number of halogens is 1. The molecule has 1 aliphatic heterocycles. The quantitative estimate of drug-likeness (QED) is 0.419. The largest absolute Gasteiger partial charge is 0.365 e. The molecule has 0 saturated carbocycles. The van der Waals surface area contributed by atoms with Crippen molar-refractivity contribution in [1.29, 1.82) is 5.26 Å². The molecule has 4 aromatic rings. The van der Waals surface area contributed by atoms with Crippen LogP contribution < -0.4 is 10.5 Å². The molecule has 36 heavy (non-hydrogen) atoms. The van der Waals surface area contributed by atoms with Crippen LogP contribution in [-0.4, -0.2) is 46.8 Å². The van der Waals surface area contributed by atoms with Gasteiger partial charge < -0.3 is 9.80 Å². The van der Waals surface area contributed by atoms with Gasteiger partial charge in [0.25, 0.3) is 11.5 Å². The van der Waals surface area contributed by atoms with Crippen LogP contribution in [-0.2, 0) is 0 Å². The number of amides is 1. The number of carbonyl (C=O) groups is 1. The Morgan fingerprint density at radius 2 is 1.50 bits per heavy atom. The summed E-state index contributed by atoms with van der Waals surface area (Å²) in [6.07, 6.45) is 1.60. The zero-order valence-corrected chi connectivity index (χ0v) is 20.1.